The Morgan fingerprint density at radius 1 is 1.13 bits per heavy atom. The number of amides is 1. The van der Waals surface area contributed by atoms with Gasteiger partial charge in [0.25, 0.3) is 5.91 Å². The first kappa shape index (κ1) is 19.1. The summed E-state index contributed by atoms with van der Waals surface area (Å²) in [6.45, 7) is 7.23. The first-order valence-corrected chi connectivity index (χ1v) is 10.9. The number of H-pyrrole nitrogens is 1. The van der Waals surface area contributed by atoms with E-state index < -0.39 is 0 Å². The Morgan fingerprint density at radius 3 is 2.80 bits per heavy atom. The number of nitrogens with one attached hydrogen (secondary N) is 1. The van der Waals surface area contributed by atoms with Crippen LogP contribution >= 0.6 is 0 Å². The third-order valence-electron chi connectivity index (χ3n) is 6.79. The average Bonchev–Trinajstić information content (AvgIpc) is 3.53. The Bertz CT molecular complexity index is 981. The zero-order chi connectivity index (χ0) is 20.5. The van der Waals surface area contributed by atoms with Crippen molar-refractivity contribution in [1.82, 2.24) is 24.3 Å². The summed E-state index contributed by atoms with van der Waals surface area (Å²) in [5, 5.41) is 0. The van der Waals surface area contributed by atoms with Gasteiger partial charge in [-0.3, -0.25) is 4.79 Å². The molecule has 3 atom stereocenters. The number of likely N-dealkylation sites (tertiary alicyclic amines) is 2. The summed E-state index contributed by atoms with van der Waals surface area (Å²) in [6.07, 6.45) is 8.70. The Balaban J connectivity index is 1.33. The van der Waals surface area contributed by atoms with Gasteiger partial charge in [-0.1, -0.05) is 24.3 Å². The highest BCUT2D eigenvalue weighted by molar-refractivity contribution is 5.93. The predicted molar refractivity (Wildman–Crippen MR) is 116 cm³/mol. The molecule has 2 aliphatic rings. The lowest BCUT2D eigenvalue weighted by Crippen LogP contribution is -2.36. The number of carbonyl (C=O) groups is 1. The first-order chi connectivity index (χ1) is 14.7. The van der Waals surface area contributed by atoms with Gasteiger partial charge < -0.3 is 19.4 Å². The van der Waals surface area contributed by atoms with Gasteiger partial charge in [0.1, 0.15) is 5.69 Å². The SMILES string of the molecule is Cc1ccccc1[C@@H]1[C@H]2CN(CCCn3ccnc3)C[C@H]2CN1C(=O)c1ccc[nH]1. The fraction of sp³-hybridized carbons (Fsp3) is 0.417. The molecule has 30 heavy (non-hydrogen) atoms. The van der Waals surface area contributed by atoms with Gasteiger partial charge >= 0.3 is 0 Å². The maximum absolute atomic E-state index is 13.3. The molecule has 2 aromatic heterocycles. The minimum atomic E-state index is 0.120. The summed E-state index contributed by atoms with van der Waals surface area (Å²) in [5.74, 6) is 1.13. The number of fused-ring (bicyclic) bond motifs is 1. The van der Waals surface area contributed by atoms with Gasteiger partial charge in [-0.2, -0.15) is 0 Å². The molecule has 2 fully saturated rings. The fourth-order valence-electron chi connectivity index (χ4n) is 5.36. The van der Waals surface area contributed by atoms with E-state index in [2.05, 4.69) is 55.5 Å². The van der Waals surface area contributed by atoms with Gasteiger partial charge in [0, 0.05) is 50.7 Å². The topological polar surface area (TPSA) is 57.2 Å². The molecule has 1 amide bonds. The van der Waals surface area contributed by atoms with Gasteiger partial charge in [-0.05, 0) is 49.1 Å². The molecule has 0 spiro atoms. The molecule has 156 valence electrons. The Labute approximate surface area is 177 Å². The molecule has 4 heterocycles. The number of benzene rings is 1. The highest BCUT2D eigenvalue weighted by atomic mass is 16.2. The van der Waals surface area contributed by atoms with Gasteiger partial charge in [0.05, 0.1) is 12.4 Å². The average molecular weight is 404 g/mol. The summed E-state index contributed by atoms with van der Waals surface area (Å²) in [4.78, 5) is 25.2. The predicted octanol–water partition coefficient (Wildman–Crippen LogP) is 3.36. The molecule has 0 unspecified atom stereocenters. The lowest BCUT2D eigenvalue weighted by atomic mass is 9.87. The molecule has 0 saturated carbocycles. The number of rotatable bonds is 6. The van der Waals surface area contributed by atoms with Crippen LogP contribution in [0.3, 0.4) is 0 Å². The molecule has 5 rings (SSSR count). The van der Waals surface area contributed by atoms with E-state index in [1.165, 1.54) is 11.1 Å². The summed E-state index contributed by atoms with van der Waals surface area (Å²) in [5.41, 5.74) is 3.25. The maximum Gasteiger partial charge on any atom is 0.270 e. The number of nitrogens with zero attached hydrogens (tertiary/aromatic N) is 4. The van der Waals surface area contributed by atoms with Crippen molar-refractivity contribution >= 4 is 5.91 Å². The van der Waals surface area contributed by atoms with Crippen LogP contribution in [0.5, 0.6) is 0 Å². The third-order valence-corrected chi connectivity index (χ3v) is 6.79. The normalized spacial score (nSPS) is 23.8. The highest BCUT2D eigenvalue weighted by Gasteiger charge is 2.49. The van der Waals surface area contributed by atoms with E-state index in [-0.39, 0.29) is 11.9 Å². The summed E-state index contributed by atoms with van der Waals surface area (Å²) in [6, 6.07) is 12.5. The van der Waals surface area contributed by atoms with Crippen LogP contribution in [0, 0.1) is 18.8 Å². The molecule has 2 aliphatic heterocycles. The number of hydrogen-bond donors (Lipinski definition) is 1. The van der Waals surface area contributed by atoms with Crippen molar-refractivity contribution in [1.29, 1.82) is 0 Å². The van der Waals surface area contributed by atoms with Crippen LogP contribution in [0.2, 0.25) is 0 Å². The number of hydrogen-bond acceptors (Lipinski definition) is 3. The molecule has 0 aliphatic carbocycles. The molecule has 3 aromatic rings. The molecule has 0 radical (unpaired) electrons. The Morgan fingerprint density at radius 2 is 2.03 bits per heavy atom. The molecule has 2 saturated heterocycles. The van der Waals surface area contributed by atoms with Gasteiger partial charge in [-0.25, -0.2) is 4.98 Å². The number of imidazole rings is 1. The minimum absolute atomic E-state index is 0.120. The minimum Gasteiger partial charge on any atom is -0.357 e. The zero-order valence-electron chi connectivity index (χ0n) is 17.4. The van der Waals surface area contributed by atoms with Crippen LogP contribution in [0.25, 0.3) is 0 Å². The molecule has 6 nitrogen and oxygen atoms in total. The fourth-order valence-corrected chi connectivity index (χ4v) is 5.36. The van der Waals surface area contributed by atoms with Crippen LogP contribution in [0.1, 0.15) is 34.1 Å². The molecule has 6 heteroatoms. The van der Waals surface area contributed by atoms with Crippen molar-refractivity contribution in [3.63, 3.8) is 0 Å². The van der Waals surface area contributed by atoms with Crippen LogP contribution in [0.4, 0.5) is 0 Å². The van der Waals surface area contributed by atoms with E-state index in [0.29, 0.717) is 17.5 Å². The Hall–Kier alpha value is -2.86. The number of aryl methyl sites for hydroxylation is 2. The largest absolute Gasteiger partial charge is 0.357 e. The standard InChI is InChI=1S/C24H29N5O/c1-18-6-2-3-7-20(18)23-21-16-28(12-5-11-27-13-10-25-17-27)14-19(21)15-29(23)24(30)22-8-4-9-26-22/h2-4,6-10,13,17,19,21,23,26H,5,11-12,14-16H2,1H3/t19-,21-,23+/m0/s1. The zero-order valence-corrected chi connectivity index (χ0v) is 17.4. The molecule has 1 N–H and O–H groups in total. The van der Waals surface area contributed by atoms with E-state index >= 15 is 0 Å². The quantitative estimate of drug-likeness (QED) is 0.687. The highest BCUT2D eigenvalue weighted by Crippen LogP contribution is 2.46. The summed E-state index contributed by atoms with van der Waals surface area (Å²) < 4.78 is 2.14. The first-order valence-electron chi connectivity index (χ1n) is 10.9. The summed E-state index contributed by atoms with van der Waals surface area (Å²) >= 11 is 0. The smallest absolute Gasteiger partial charge is 0.270 e. The van der Waals surface area contributed by atoms with Gasteiger partial charge in [-0.15, -0.1) is 0 Å². The monoisotopic (exact) mass is 403 g/mol. The number of aromatic nitrogens is 3. The van der Waals surface area contributed by atoms with Crippen molar-refractivity contribution in [2.75, 3.05) is 26.2 Å². The molecule has 0 bridgehead atoms. The second-order valence-electron chi connectivity index (χ2n) is 8.68. The van der Waals surface area contributed by atoms with Gasteiger partial charge in [0.15, 0.2) is 0 Å². The van der Waals surface area contributed by atoms with E-state index in [0.717, 1.165) is 39.1 Å². The molecule has 1 aromatic carbocycles. The van der Waals surface area contributed by atoms with E-state index in [9.17, 15) is 4.79 Å². The van der Waals surface area contributed by atoms with Crippen LogP contribution < -0.4 is 0 Å². The van der Waals surface area contributed by atoms with Crippen LogP contribution in [0.15, 0.2) is 61.3 Å². The lowest BCUT2D eigenvalue weighted by Gasteiger charge is -2.30. The van der Waals surface area contributed by atoms with Crippen LogP contribution in [-0.4, -0.2) is 56.4 Å². The molecular weight excluding hydrogens is 374 g/mol. The Kier molecular flexibility index (Phi) is 5.17. The lowest BCUT2D eigenvalue weighted by molar-refractivity contribution is 0.0695. The van der Waals surface area contributed by atoms with Crippen molar-refractivity contribution < 1.29 is 4.79 Å². The molecular formula is C24H29N5O. The maximum atomic E-state index is 13.3. The number of aromatic amines is 1. The third kappa shape index (κ3) is 3.56. The van der Waals surface area contributed by atoms with Gasteiger partial charge in [0.2, 0.25) is 0 Å². The van der Waals surface area contributed by atoms with Crippen molar-refractivity contribution in [2.24, 2.45) is 11.8 Å². The number of carbonyl (C=O) groups excluding carboxylic acids is 1. The van der Waals surface area contributed by atoms with E-state index in [4.69, 9.17) is 0 Å². The second kappa shape index (κ2) is 8.11. The van der Waals surface area contributed by atoms with Crippen LogP contribution in [-0.2, 0) is 6.54 Å². The van der Waals surface area contributed by atoms with Crippen molar-refractivity contribution in [2.45, 2.75) is 25.9 Å². The van der Waals surface area contributed by atoms with E-state index in [1.807, 2.05) is 37.1 Å². The van der Waals surface area contributed by atoms with E-state index in [1.54, 1.807) is 0 Å². The second-order valence-corrected chi connectivity index (χ2v) is 8.68. The van der Waals surface area contributed by atoms with Crippen molar-refractivity contribution in [3.8, 4) is 0 Å². The summed E-state index contributed by atoms with van der Waals surface area (Å²) in [7, 11) is 0. The van der Waals surface area contributed by atoms with Crippen molar-refractivity contribution in [3.05, 3.63) is 78.1 Å².